The molecule has 7 nitrogen and oxygen atoms in total. The van der Waals surface area contributed by atoms with Gasteiger partial charge in [-0.15, -0.1) is 0 Å². The number of nitrogens with zero attached hydrogens (tertiary/aromatic N) is 6. The van der Waals surface area contributed by atoms with Gasteiger partial charge >= 0.3 is 164 Å². The van der Waals surface area contributed by atoms with Crippen LogP contribution >= 0.6 is 0 Å². The van der Waals surface area contributed by atoms with Gasteiger partial charge in [0.1, 0.15) is 5.82 Å². The molecular weight excluding hydrogens is 405 g/mol. The van der Waals surface area contributed by atoms with Crippen molar-refractivity contribution in [3.63, 3.8) is 0 Å². The molecule has 0 saturated carbocycles. The molecule has 10 heteroatoms. The predicted octanol–water partition coefficient (Wildman–Crippen LogP) is 1.53. The van der Waals surface area contributed by atoms with Gasteiger partial charge < -0.3 is 0 Å². The Morgan fingerprint density at radius 1 is 1.25 bits per heavy atom. The van der Waals surface area contributed by atoms with Crippen LogP contribution in [0.1, 0.15) is 17.3 Å². The number of amides is 1. The van der Waals surface area contributed by atoms with Gasteiger partial charge in [0.05, 0.1) is 6.20 Å². The third-order valence-corrected chi connectivity index (χ3v) is 5.14. The number of rotatable bonds is 8. The molecular formula is C22H21B2FN6O. The van der Waals surface area contributed by atoms with Crippen molar-refractivity contribution in [2.45, 2.75) is 13.5 Å². The van der Waals surface area contributed by atoms with Crippen LogP contribution in [0.3, 0.4) is 0 Å². The van der Waals surface area contributed by atoms with Crippen LogP contribution in [0, 0.1) is 5.82 Å². The molecule has 0 bridgehead atoms. The molecule has 1 aromatic carbocycles. The molecule has 3 heterocycles. The van der Waals surface area contributed by atoms with Gasteiger partial charge in [0.15, 0.2) is 0 Å². The average molecular weight is 426 g/mol. The molecule has 4 aromatic rings. The van der Waals surface area contributed by atoms with E-state index in [1.807, 2.05) is 50.4 Å². The zero-order valence-electron chi connectivity index (χ0n) is 17.7. The first kappa shape index (κ1) is 21.5. The van der Waals surface area contributed by atoms with E-state index in [1.54, 1.807) is 33.4 Å². The third kappa shape index (κ3) is 4.64. The van der Waals surface area contributed by atoms with E-state index in [9.17, 15) is 9.18 Å². The summed E-state index contributed by atoms with van der Waals surface area (Å²) in [6.45, 7) is 9.01. The van der Waals surface area contributed by atoms with E-state index >= 15 is 0 Å². The van der Waals surface area contributed by atoms with Crippen LogP contribution < -0.4 is 5.46 Å². The van der Waals surface area contributed by atoms with E-state index in [0.717, 1.165) is 5.46 Å². The molecule has 0 spiro atoms. The average Bonchev–Trinajstić information content (AvgIpc) is 3.52. The molecule has 0 unspecified atom stereocenters. The van der Waals surface area contributed by atoms with Crippen molar-refractivity contribution >= 4 is 31.8 Å². The van der Waals surface area contributed by atoms with Gasteiger partial charge in [-0.25, -0.2) is 4.39 Å². The van der Waals surface area contributed by atoms with Crippen molar-refractivity contribution in [1.82, 2.24) is 29.4 Å². The van der Waals surface area contributed by atoms with Crippen molar-refractivity contribution in [3.05, 3.63) is 72.3 Å². The molecule has 1 amide bonds. The Balaban J connectivity index is 1.52. The first-order valence-electron chi connectivity index (χ1n) is 10.3. The zero-order valence-corrected chi connectivity index (χ0v) is 17.7. The van der Waals surface area contributed by atoms with Crippen LogP contribution in [-0.4, -0.2) is 68.8 Å². The van der Waals surface area contributed by atoms with Crippen LogP contribution in [-0.2, 0) is 6.54 Å². The van der Waals surface area contributed by atoms with Crippen molar-refractivity contribution in [2.24, 2.45) is 0 Å². The summed E-state index contributed by atoms with van der Waals surface area (Å²) in [6, 6.07) is 10.4. The monoisotopic (exact) mass is 426 g/mol. The van der Waals surface area contributed by atoms with Gasteiger partial charge in [0.25, 0.3) is 0 Å². The van der Waals surface area contributed by atoms with E-state index in [1.165, 1.54) is 12.3 Å². The van der Waals surface area contributed by atoms with E-state index in [4.69, 9.17) is 0 Å². The SMILES string of the molecule is C=Bc1ccc(-n2bccn2)c(C(=O)N(CC)CCn2ccc(-c3ccc(F)cn3)n2)c1. The quantitative estimate of drug-likeness (QED) is 0.401. The molecule has 0 fully saturated rings. The zero-order chi connectivity index (χ0) is 22.5. The summed E-state index contributed by atoms with van der Waals surface area (Å²) in [5, 5.41) is 8.78. The van der Waals surface area contributed by atoms with E-state index in [0.29, 0.717) is 42.3 Å². The molecule has 0 radical (unpaired) electrons. The van der Waals surface area contributed by atoms with Gasteiger partial charge in [0.2, 0.25) is 0 Å². The molecule has 0 aliphatic rings. The summed E-state index contributed by atoms with van der Waals surface area (Å²) >= 11 is 0. The Bertz CT molecular complexity index is 1220. The van der Waals surface area contributed by atoms with Gasteiger partial charge in [0, 0.05) is 0 Å². The summed E-state index contributed by atoms with van der Waals surface area (Å²) in [6.07, 6.45) is 4.67. The van der Waals surface area contributed by atoms with E-state index in [2.05, 4.69) is 21.7 Å². The van der Waals surface area contributed by atoms with Crippen molar-refractivity contribution in [1.29, 1.82) is 0 Å². The molecule has 0 aliphatic heterocycles. The van der Waals surface area contributed by atoms with Crippen LogP contribution in [0.2, 0.25) is 0 Å². The molecule has 0 atom stereocenters. The second kappa shape index (κ2) is 9.63. The van der Waals surface area contributed by atoms with Crippen molar-refractivity contribution in [3.8, 4) is 17.1 Å². The van der Waals surface area contributed by atoms with Gasteiger partial charge in [-0.2, -0.15) is 0 Å². The second-order valence-electron chi connectivity index (χ2n) is 7.14. The van der Waals surface area contributed by atoms with Crippen LogP contribution in [0.25, 0.3) is 17.1 Å². The molecule has 0 aliphatic carbocycles. The standard InChI is InChI=1S/C22H21B2FN6O/c1-3-29(12-13-30-11-8-20(28-30)19-6-5-17(25)15-26-19)22(32)18-14-16(23-2)4-7-21(18)31-24-9-10-27-31/h4-11,14-15H,2-3,12-13H2,1H3. The first-order valence-corrected chi connectivity index (χ1v) is 10.3. The summed E-state index contributed by atoms with van der Waals surface area (Å²) in [5.74, 6) is 1.34. The van der Waals surface area contributed by atoms with Crippen LogP contribution in [0.15, 0.2) is 61.0 Å². The number of carbonyl (C=O) groups excluding carboxylic acids is 1. The fourth-order valence-corrected chi connectivity index (χ4v) is 3.41. The van der Waals surface area contributed by atoms with Gasteiger partial charge in [-0.1, -0.05) is 0 Å². The van der Waals surface area contributed by atoms with Crippen LogP contribution in [0.5, 0.6) is 0 Å². The second-order valence-corrected chi connectivity index (χ2v) is 7.14. The summed E-state index contributed by atoms with van der Waals surface area (Å²) in [4.78, 5) is 19.2. The Kier molecular flexibility index (Phi) is 6.49. The molecule has 0 saturated heterocycles. The number of carbonyl (C=O) groups is 1. The maximum absolute atomic E-state index is 13.4. The number of halogens is 1. The number of likely N-dealkylation sites (N-methyl/N-ethyl adjacent to an activating group) is 1. The third-order valence-electron chi connectivity index (χ3n) is 5.14. The predicted molar refractivity (Wildman–Crippen MR) is 124 cm³/mol. The van der Waals surface area contributed by atoms with Crippen molar-refractivity contribution in [2.75, 3.05) is 13.1 Å². The first-order chi connectivity index (χ1) is 15.6. The number of pyridine rings is 1. The van der Waals surface area contributed by atoms with Gasteiger partial charge in [-0.3, -0.25) is 0 Å². The molecule has 0 N–H and O–H groups in total. The van der Waals surface area contributed by atoms with Crippen molar-refractivity contribution < 1.29 is 9.18 Å². The van der Waals surface area contributed by atoms with E-state index in [-0.39, 0.29) is 11.7 Å². The minimum absolute atomic E-state index is 0.0886. The molecule has 4 rings (SSSR count). The Morgan fingerprint density at radius 2 is 2.12 bits per heavy atom. The Hall–Kier alpha value is -3.68. The topological polar surface area (TPSA) is 68.8 Å². The number of benzene rings is 1. The van der Waals surface area contributed by atoms with E-state index < -0.39 is 0 Å². The fraction of sp³-hybridized carbons (Fsp3) is 0.182. The Labute approximate surface area is 186 Å². The summed E-state index contributed by atoms with van der Waals surface area (Å²) in [7, 11) is 1.81. The molecule has 3 aromatic heterocycles. The molecule has 32 heavy (non-hydrogen) atoms. The maximum atomic E-state index is 13.4. The fourth-order valence-electron chi connectivity index (χ4n) is 3.41. The van der Waals surface area contributed by atoms with Gasteiger partial charge in [-0.05, 0) is 6.07 Å². The normalized spacial score (nSPS) is 10.6. The Morgan fingerprint density at radius 3 is 2.81 bits per heavy atom. The number of hydrogen-bond acceptors (Lipinski definition) is 4. The summed E-state index contributed by atoms with van der Waals surface area (Å²) < 4.78 is 16.5. The minimum atomic E-state index is -0.389. The number of aromatic nitrogens is 5. The summed E-state index contributed by atoms with van der Waals surface area (Å²) in [5.41, 5.74) is 3.39. The number of hydrogen-bond donors (Lipinski definition) is 0. The molecule has 158 valence electrons. The van der Waals surface area contributed by atoms with Crippen LogP contribution in [0.4, 0.5) is 4.39 Å².